The van der Waals surface area contributed by atoms with Crippen LogP contribution in [0.3, 0.4) is 0 Å². The summed E-state index contributed by atoms with van der Waals surface area (Å²) in [6, 6.07) is 4.89. The van der Waals surface area contributed by atoms with Gasteiger partial charge in [0.2, 0.25) is 17.6 Å². The molecule has 40 heavy (non-hydrogen) atoms. The van der Waals surface area contributed by atoms with Gasteiger partial charge < -0.3 is 26.6 Å². The number of likely N-dealkylation sites (tertiary alicyclic amines) is 1. The molecule has 1 saturated heterocycles. The summed E-state index contributed by atoms with van der Waals surface area (Å²) in [5, 5.41) is 8.55. The Morgan fingerprint density at radius 3 is 2.17 bits per heavy atom. The van der Waals surface area contributed by atoms with E-state index in [0.29, 0.717) is 25.8 Å². The minimum atomic E-state index is -1.07. The summed E-state index contributed by atoms with van der Waals surface area (Å²) in [6.45, 7) is 8.27. The zero-order valence-corrected chi connectivity index (χ0v) is 23.7. The molecule has 5 amide bonds. The lowest BCUT2D eigenvalue weighted by Gasteiger charge is -2.35. The smallest absolute Gasteiger partial charge is 0.315 e. The van der Waals surface area contributed by atoms with Crippen molar-refractivity contribution in [2.24, 2.45) is 34.8 Å². The Labute approximate surface area is 235 Å². The zero-order chi connectivity index (χ0) is 28.9. The summed E-state index contributed by atoms with van der Waals surface area (Å²) in [4.78, 5) is 66.8. The molecule has 0 bridgehead atoms. The van der Waals surface area contributed by atoms with Crippen LogP contribution in [0, 0.1) is 29.1 Å². The molecule has 0 radical (unpaired) electrons. The van der Waals surface area contributed by atoms with Crippen molar-refractivity contribution < 1.29 is 24.0 Å². The molecule has 1 unspecified atom stereocenters. The predicted molar refractivity (Wildman–Crippen MR) is 148 cm³/mol. The first-order valence-corrected chi connectivity index (χ1v) is 14.5. The van der Waals surface area contributed by atoms with Crippen LogP contribution in [0.15, 0.2) is 24.3 Å². The highest BCUT2D eigenvalue weighted by Gasteiger charge is 2.69. The van der Waals surface area contributed by atoms with E-state index < -0.39 is 41.8 Å². The number of fused-ring (bicyclic) bond motifs is 2. The van der Waals surface area contributed by atoms with Gasteiger partial charge in [0.1, 0.15) is 12.1 Å². The van der Waals surface area contributed by atoms with Gasteiger partial charge in [-0.25, -0.2) is 4.79 Å². The van der Waals surface area contributed by atoms with Crippen LogP contribution < -0.4 is 21.7 Å². The highest BCUT2D eigenvalue weighted by Crippen LogP contribution is 2.65. The van der Waals surface area contributed by atoms with Crippen molar-refractivity contribution >= 4 is 29.5 Å². The van der Waals surface area contributed by atoms with E-state index in [1.54, 1.807) is 4.90 Å². The molecule has 216 valence electrons. The Kier molecular flexibility index (Phi) is 7.39. The van der Waals surface area contributed by atoms with Gasteiger partial charge in [-0.3, -0.25) is 19.2 Å². The predicted octanol–water partition coefficient (Wildman–Crippen LogP) is 1.30. The van der Waals surface area contributed by atoms with E-state index in [-0.39, 0.29) is 41.0 Å². The summed E-state index contributed by atoms with van der Waals surface area (Å²) in [5.74, 6) is -2.44. The maximum absolute atomic E-state index is 14.3. The van der Waals surface area contributed by atoms with Crippen molar-refractivity contribution in [2.75, 3.05) is 6.54 Å². The number of hydrogen-bond donors (Lipinski definition) is 4. The molecule has 0 aromatic heterocycles. The van der Waals surface area contributed by atoms with Gasteiger partial charge in [0.05, 0.1) is 6.04 Å². The van der Waals surface area contributed by atoms with Gasteiger partial charge in [-0.1, -0.05) is 51.0 Å². The normalized spacial score (nSPS) is 25.9. The molecular formula is C30H41N5O5. The van der Waals surface area contributed by atoms with E-state index in [0.717, 1.165) is 24.0 Å². The molecule has 1 aromatic rings. The lowest BCUT2D eigenvalue weighted by atomic mass is 9.93. The van der Waals surface area contributed by atoms with Crippen molar-refractivity contribution in [1.29, 1.82) is 0 Å². The fourth-order valence-corrected chi connectivity index (χ4v) is 6.99. The number of nitrogens with two attached hydrogens (primary N) is 1. The van der Waals surface area contributed by atoms with Crippen LogP contribution in [0.2, 0.25) is 0 Å². The average molecular weight is 552 g/mol. The van der Waals surface area contributed by atoms with E-state index in [2.05, 4.69) is 29.8 Å². The van der Waals surface area contributed by atoms with Crippen molar-refractivity contribution in [2.45, 2.75) is 84.0 Å². The van der Waals surface area contributed by atoms with E-state index in [9.17, 15) is 24.0 Å². The summed E-state index contributed by atoms with van der Waals surface area (Å²) >= 11 is 0. The summed E-state index contributed by atoms with van der Waals surface area (Å²) in [7, 11) is 0. The number of Topliss-reactive ketones (excluding diaryl/α,β-unsaturated/α-hetero) is 1. The van der Waals surface area contributed by atoms with Crippen LogP contribution in [-0.4, -0.2) is 65.1 Å². The number of hydrogen-bond acceptors (Lipinski definition) is 5. The van der Waals surface area contributed by atoms with Crippen LogP contribution in [-0.2, 0) is 32.0 Å². The molecule has 5 rings (SSSR count). The summed E-state index contributed by atoms with van der Waals surface area (Å²) < 4.78 is 0. The van der Waals surface area contributed by atoms with Crippen LogP contribution >= 0.6 is 0 Å². The SMILES string of the molecule is CC(C)NC(=O)N[C@H](C(=O)N1C[C@H]2[C@@H]([C@H]1C(=O)NC(CC1CC1)C(=O)C(N)=O)C2(C)C)C1Cc2ccccc2C1. The molecule has 10 heteroatoms. The van der Waals surface area contributed by atoms with E-state index in [1.165, 1.54) is 0 Å². The number of urea groups is 1. The lowest BCUT2D eigenvalue weighted by molar-refractivity contribution is -0.144. The standard InChI is InChI=1S/C30H41N5O5/c1-15(2)32-29(40)34-23(19-12-17-7-5-6-8-18(17)13-19)28(39)35-14-20-22(30(20,3)4)24(35)27(38)33-21(11-16-9-10-16)25(36)26(31)37/h5-8,15-16,19-24H,9-14H2,1-4H3,(H2,31,37)(H,33,38)(H2,32,34,40)/t20-,21?,22-,23-,24-/m0/s1. The molecule has 2 saturated carbocycles. The molecule has 3 aliphatic carbocycles. The monoisotopic (exact) mass is 551 g/mol. The Hall–Kier alpha value is -3.43. The molecule has 3 fully saturated rings. The number of nitrogens with zero attached hydrogens (tertiary/aromatic N) is 1. The van der Waals surface area contributed by atoms with E-state index in [4.69, 9.17) is 5.73 Å². The first-order valence-electron chi connectivity index (χ1n) is 14.5. The summed E-state index contributed by atoms with van der Waals surface area (Å²) in [5.41, 5.74) is 7.47. The minimum absolute atomic E-state index is 0.0763. The Morgan fingerprint density at radius 2 is 1.62 bits per heavy atom. The number of amides is 5. The van der Waals surface area contributed by atoms with Crippen LogP contribution in [0.1, 0.15) is 58.1 Å². The highest BCUT2D eigenvalue weighted by molar-refractivity contribution is 6.37. The largest absolute Gasteiger partial charge is 0.363 e. The van der Waals surface area contributed by atoms with Gasteiger partial charge in [-0.15, -0.1) is 0 Å². The van der Waals surface area contributed by atoms with Gasteiger partial charge in [-0.05, 0) is 73.3 Å². The van der Waals surface area contributed by atoms with Gasteiger partial charge in [0.15, 0.2) is 0 Å². The van der Waals surface area contributed by atoms with Crippen molar-refractivity contribution in [3.63, 3.8) is 0 Å². The van der Waals surface area contributed by atoms with E-state index in [1.807, 2.05) is 38.1 Å². The molecule has 10 nitrogen and oxygen atoms in total. The number of primary amides is 1. The number of rotatable bonds is 10. The van der Waals surface area contributed by atoms with Crippen molar-refractivity contribution in [3.8, 4) is 0 Å². The van der Waals surface area contributed by atoms with Crippen LogP contribution in [0.25, 0.3) is 0 Å². The number of carbonyl (C=O) groups excluding carboxylic acids is 5. The Balaban J connectivity index is 1.39. The second-order valence-corrected chi connectivity index (χ2v) is 13.0. The third-order valence-corrected chi connectivity index (χ3v) is 9.43. The molecule has 1 heterocycles. The number of nitrogens with one attached hydrogen (secondary N) is 3. The number of ketones is 1. The third-order valence-electron chi connectivity index (χ3n) is 9.43. The molecule has 5 atom stereocenters. The van der Waals surface area contributed by atoms with Gasteiger partial charge in [0.25, 0.3) is 5.91 Å². The van der Waals surface area contributed by atoms with Gasteiger partial charge in [0, 0.05) is 12.6 Å². The molecule has 1 aromatic carbocycles. The van der Waals surface area contributed by atoms with Crippen LogP contribution in [0.4, 0.5) is 4.79 Å². The Morgan fingerprint density at radius 1 is 1.00 bits per heavy atom. The fourth-order valence-electron chi connectivity index (χ4n) is 6.99. The molecule has 1 aliphatic heterocycles. The molecule has 4 aliphatic rings. The van der Waals surface area contributed by atoms with Gasteiger partial charge >= 0.3 is 6.03 Å². The molecule has 5 N–H and O–H groups in total. The second-order valence-electron chi connectivity index (χ2n) is 13.0. The first-order chi connectivity index (χ1) is 18.9. The molecular weight excluding hydrogens is 510 g/mol. The third kappa shape index (κ3) is 5.45. The average Bonchev–Trinajstić information content (AvgIpc) is 3.64. The second kappa shape index (κ2) is 10.5. The highest BCUT2D eigenvalue weighted by atomic mass is 16.2. The molecule has 0 spiro atoms. The van der Waals surface area contributed by atoms with Crippen molar-refractivity contribution in [3.05, 3.63) is 35.4 Å². The lowest BCUT2D eigenvalue weighted by Crippen LogP contribution is -2.60. The minimum Gasteiger partial charge on any atom is -0.363 e. The fraction of sp³-hybridized carbons (Fsp3) is 0.633. The van der Waals surface area contributed by atoms with Crippen molar-refractivity contribution in [1.82, 2.24) is 20.9 Å². The van der Waals surface area contributed by atoms with Gasteiger partial charge in [-0.2, -0.15) is 0 Å². The summed E-state index contributed by atoms with van der Waals surface area (Å²) in [6.07, 6.45) is 3.55. The number of carbonyl (C=O) groups is 5. The topological polar surface area (TPSA) is 151 Å². The maximum atomic E-state index is 14.3. The first kappa shape index (κ1) is 28.1. The number of benzene rings is 1. The Bertz CT molecular complexity index is 1200. The maximum Gasteiger partial charge on any atom is 0.315 e. The number of piperidine rings is 1. The quantitative estimate of drug-likeness (QED) is 0.323. The van der Waals surface area contributed by atoms with E-state index >= 15 is 0 Å². The zero-order valence-electron chi connectivity index (χ0n) is 23.7. The van der Waals surface area contributed by atoms with Crippen LogP contribution in [0.5, 0.6) is 0 Å².